The van der Waals surface area contributed by atoms with Gasteiger partial charge in [0.2, 0.25) is 10.0 Å². The van der Waals surface area contributed by atoms with Crippen LogP contribution in [0.15, 0.2) is 52.4 Å². The summed E-state index contributed by atoms with van der Waals surface area (Å²) in [6, 6.07) is 10.7. The van der Waals surface area contributed by atoms with Gasteiger partial charge in [-0.25, -0.2) is 13.6 Å². The number of amides is 1. The fraction of sp³-hybridized carbons (Fsp3) is 0.286. The Kier molecular flexibility index (Phi) is 7.27. The second-order valence-electron chi connectivity index (χ2n) is 7.43. The Labute approximate surface area is 199 Å². The highest BCUT2D eigenvalue weighted by molar-refractivity contribution is 7.89. The molecule has 0 atom stereocenters. The third-order valence-corrected chi connectivity index (χ3v) is 6.68. The molecule has 12 heteroatoms. The van der Waals surface area contributed by atoms with Gasteiger partial charge in [-0.15, -0.1) is 0 Å². The van der Waals surface area contributed by atoms with E-state index in [9.17, 15) is 18.0 Å². The Balaban J connectivity index is 2.07. The highest BCUT2D eigenvalue weighted by Gasteiger charge is 2.30. The fourth-order valence-electron chi connectivity index (χ4n) is 2.87. The number of aromatic nitrogens is 1. The third-order valence-electron chi connectivity index (χ3n) is 4.47. The summed E-state index contributed by atoms with van der Waals surface area (Å²) in [5.74, 6) is -0.701. The number of carbonyl (C=O) groups excluding carboxylic acids is 2. The maximum atomic E-state index is 13.0. The summed E-state index contributed by atoms with van der Waals surface area (Å²) in [7, 11) is -3.93. The highest BCUT2D eigenvalue weighted by atomic mass is 35.5. The molecule has 1 amide bonds. The van der Waals surface area contributed by atoms with Gasteiger partial charge in [0.15, 0.2) is 10.4 Å². The molecular weight excluding hydrogens is 490 g/mol. The molecule has 0 saturated carbocycles. The average molecular weight is 512 g/mol. The number of thiazole rings is 1. The number of nitrogens with two attached hydrogens (primary N) is 1. The summed E-state index contributed by atoms with van der Waals surface area (Å²) >= 11 is 6.93. The van der Waals surface area contributed by atoms with Crippen molar-refractivity contribution >= 4 is 55.1 Å². The van der Waals surface area contributed by atoms with Crippen LogP contribution in [0.1, 0.15) is 20.8 Å². The van der Waals surface area contributed by atoms with E-state index in [2.05, 4.69) is 4.99 Å². The molecule has 2 aromatic carbocycles. The molecule has 1 heterocycles. The van der Waals surface area contributed by atoms with E-state index in [1.165, 1.54) is 22.8 Å². The summed E-state index contributed by atoms with van der Waals surface area (Å²) in [4.78, 5) is 29.5. The monoisotopic (exact) mass is 511 g/mol. The molecule has 0 fully saturated rings. The van der Waals surface area contributed by atoms with Gasteiger partial charge in [-0.1, -0.05) is 22.9 Å². The molecule has 9 nitrogen and oxygen atoms in total. The minimum absolute atomic E-state index is 0.0937. The number of hydrogen-bond donors (Lipinski definition) is 1. The zero-order valence-corrected chi connectivity index (χ0v) is 20.5. The molecule has 176 valence electrons. The van der Waals surface area contributed by atoms with Crippen LogP contribution in [0.4, 0.5) is 0 Å². The third kappa shape index (κ3) is 5.99. The Morgan fingerprint density at radius 1 is 1.18 bits per heavy atom. The zero-order chi connectivity index (χ0) is 24.4. The van der Waals surface area contributed by atoms with Crippen LogP contribution >= 0.6 is 22.9 Å². The molecule has 3 aromatic rings. The molecule has 1 aromatic heterocycles. The number of halogens is 1. The quantitative estimate of drug-likeness (QED) is 0.485. The largest absolute Gasteiger partial charge is 0.478 e. The van der Waals surface area contributed by atoms with Crippen LogP contribution in [0.2, 0.25) is 5.02 Å². The van der Waals surface area contributed by atoms with E-state index in [0.717, 1.165) is 11.3 Å². The van der Waals surface area contributed by atoms with Gasteiger partial charge < -0.3 is 14.0 Å². The minimum Gasteiger partial charge on any atom is -0.478 e. The molecule has 0 spiro atoms. The van der Waals surface area contributed by atoms with Gasteiger partial charge in [0, 0.05) is 5.02 Å². The lowest BCUT2D eigenvalue weighted by atomic mass is 10.1. The zero-order valence-electron chi connectivity index (χ0n) is 18.1. The SMILES string of the molecule is CCOC(=O)Cn1c(=NC(=O)C(C)(C)Oc2ccc(Cl)cc2)sc2cc(S(N)(=O)=O)ccc21. The fourth-order valence-corrected chi connectivity index (χ4v) is 4.67. The number of ether oxygens (including phenoxy) is 2. The molecule has 0 bridgehead atoms. The van der Waals surface area contributed by atoms with E-state index in [-0.39, 0.29) is 22.8 Å². The number of rotatable bonds is 7. The number of benzene rings is 2. The number of nitrogens with zero attached hydrogens (tertiary/aromatic N) is 2. The van der Waals surface area contributed by atoms with Crippen LogP contribution < -0.4 is 14.7 Å². The second kappa shape index (κ2) is 9.64. The van der Waals surface area contributed by atoms with Crippen molar-refractivity contribution in [2.24, 2.45) is 10.1 Å². The van der Waals surface area contributed by atoms with Crippen LogP contribution in [0.3, 0.4) is 0 Å². The lowest BCUT2D eigenvalue weighted by molar-refractivity contribution is -0.143. The Morgan fingerprint density at radius 3 is 2.45 bits per heavy atom. The number of hydrogen-bond acceptors (Lipinski definition) is 7. The predicted octanol–water partition coefficient (Wildman–Crippen LogP) is 2.85. The van der Waals surface area contributed by atoms with Crippen LogP contribution in [0, 0.1) is 0 Å². The summed E-state index contributed by atoms with van der Waals surface area (Å²) < 4.78 is 36.3. The summed E-state index contributed by atoms with van der Waals surface area (Å²) in [5, 5.41) is 5.76. The van der Waals surface area contributed by atoms with E-state index in [0.29, 0.717) is 21.0 Å². The molecule has 0 aliphatic carbocycles. The number of fused-ring (bicyclic) bond motifs is 1. The summed E-state index contributed by atoms with van der Waals surface area (Å²) in [6.07, 6.45) is 0. The van der Waals surface area contributed by atoms with Crippen molar-refractivity contribution in [1.82, 2.24) is 4.57 Å². The highest BCUT2D eigenvalue weighted by Crippen LogP contribution is 2.23. The Morgan fingerprint density at radius 2 is 1.85 bits per heavy atom. The van der Waals surface area contributed by atoms with Gasteiger partial charge in [0.05, 0.1) is 21.7 Å². The van der Waals surface area contributed by atoms with Crippen molar-refractivity contribution in [3.8, 4) is 5.75 Å². The van der Waals surface area contributed by atoms with Crippen molar-refractivity contribution in [3.05, 3.63) is 52.3 Å². The number of primary sulfonamides is 1. The first-order valence-electron chi connectivity index (χ1n) is 9.76. The van der Waals surface area contributed by atoms with Crippen molar-refractivity contribution < 1.29 is 27.5 Å². The maximum Gasteiger partial charge on any atom is 0.326 e. The van der Waals surface area contributed by atoms with Crippen molar-refractivity contribution in [2.75, 3.05) is 6.61 Å². The number of carbonyl (C=O) groups is 2. The minimum atomic E-state index is -3.93. The van der Waals surface area contributed by atoms with Crippen LogP contribution in [-0.2, 0) is 30.9 Å². The van der Waals surface area contributed by atoms with Gasteiger partial charge in [0.25, 0.3) is 5.91 Å². The second-order valence-corrected chi connectivity index (χ2v) is 10.4. The van der Waals surface area contributed by atoms with E-state index < -0.39 is 27.5 Å². The molecule has 0 radical (unpaired) electrons. The molecule has 33 heavy (non-hydrogen) atoms. The van der Waals surface area contributed by atoms with Gasteiger partial charge in [0.1, 0.15) is 12.3 Å². The van der Waals surface area contributed by atoms with E-state index in [4.69, 9.17) is 26.2 Å². The van der Waals surface area contributed by atoms with Gasteiger partial charge >= 0.3 is 5.97 Å². The maximum absolute atomic E-state index is 13.0. The van der Waals surface area contributed by atoms with E-state index >= 15 is 0 Å². The first-order valence-corrected chi connectivity index (χ1v) is 12.5. The number of sulfonamides is 1. The Bertz CT molecular complexity index is 1380. The van der Waals surface area contributed by atoms with Crippen LogP contribution in [0.25, 0.3) is 10.2 Å². The molecule has 0 unspecified atom stereocenters. The van der Waals surface area contributed by atoms with Gasteiger partial charge in [-0.3, -0.25) is 9.59 Å². The first-order chi connectivity index (χ1) is 15.4. The Hall–Kier alpha value is -2.73. The summed E-state index contributed by atoms with van der Waals surface area (Å²) in [5.41, 5.74) is -0.833. The molecule has 0 aliphatic heterocycles. The van der Waals surface area contributed by atoms with Gasteiger partial charge in [-0.05, 0) is 63.2 Å². The summed E-state index contributed by atoms with van der Waals surface area (Å²) in [6.45, 7) is 4.78. The molecule has 2 N–H and O–H groups in total. The standard InChI is InChI=1S/C21H22ClN3O6S2/c1-4-30-18(26)12-25-16-10-9-15(33(23,28)29)11-17(16)32-20(25)24-19(27)21(2,3)31-14-7-5-13(22)6-8-14/h5-11H,4,12H2,1-3H3,(H2,23,28,29). The van der Waals surface area contributed by atoms with Gasteiger partial charge in [-0.2, -0.15) is 4.99 Å². The average Bonchev–Trinajstić information content (AvgIpc) is 3.05. The van der Waals surface area contributed by atoms with Crippen molar-refractivity contribution in [1.29, 1.82) is 0 Å². The smallest absolute Gasteiger partial charge is 0.326 e. The van der Waals surface area contributed by atoms with E-state index in [1.54, 1.807) is 45.0 Å². The molecular formula is C21H22ClN3O6S2. The van der Waals surface area contributed by atoms with Crippen molar-refractivity contribution in [3.63, 3.8) is 0 Å². The van der Waals surface area contributed by atoms with Crippen molar-refractivity contribution in [2.45, 2.75) is 37.8 Å². The van der Waals surface area contributed by atoms with E-state index in [1.807, 2.05) is 0 Å². The molecule has 0 aliphatic rings. The lowest BCUT2D eigenvalue weighted by Crippen LogP contribution is -2.38. The lowest BCUT2D eigenvalue weighted by Gasteiger charge is -2.22. The number of esters is 1. The first kappa shape index (κ1) is 24.9. The van der Waals surface area contributed by atoms with Crippen LogP contribution in [-0.4, -0.2) is 37.1 Å². The molecule has 3 rings (SSSR count). The normalized spacial score (nSPS) is 12.7. The van der Waals surface area contributed by atoms with Crippen LogP contribution in [0.5, 0.6) is 5.75 Å². The predicted molar refractivity (Wildman–Crippen MR) is 125 cm³/mol. The molecule has 0 saturated heterocycles. The topological polar surface area (TPSA) is 130 Å².